The highest BCUT2D eigenvalue weighted by Gasteiger charge is 2.28. The van der Waals surface area contributed by atoms with Gasteiger partial charge < -0.3 is 10.2 Å². The van der Waals surface area contributed by atoms with Crippen LogP contribution in [-0.4, -0.2) is 35.1 Å². The van der Waals surface area contributed by atoms with Gasteiger partial charge in [0.05, 0.1) is 15.8 Å². The van der Waals surface area contributed by atoms with Crippen LogP contribution in [0.3, 0.4) is 0 Å². The molecule has 7 heteroatoms. The second-order valence-corrected chi connectivity index (χ2v) is 9.38. The molecule has 0 aliphatic heterocycles. The lowest BCUT2D eigenvalue weighted by Gasteiger charge is -2.30. The summed E-state index contributed by atoms with van der Waals surface area (Å²) in [5, 5.41) is 3.74. The van der Waals surface area contributed by atoms with Gasteiger partial charge in [-0.15, -0.1) is 11.8 Å². The van der Waals surface area contributed by atoms with Crippen molar-refractivity contribution in [1.29, 1.82) is 0 Å². The maximum atomic E-state index is 13.2. The van der Waals surface area contributed by atoms with Crippen LogP contribution in [0.15, 0.2) is 36.4 Å². The fraction of sp³-hybridized carbons (Fsp3) is 0.417. The van der Waals surface area contributed by atoms with E-state index in [1.807, 2.05) is 19.9 Å². The van der Waals surface area contributed by atoms with Crippen molar-refractivity contribution in [1.82, 2.24) is 10.2 Å². The highest BCUT2D eigenvalue weighted by molar-refractivity contribution is 7.99. The highest BCUT2D eigenvalue weighted by atomic mass is 35.5. The summed E-state index contributed by atoms with van der Waals surface area (Å²) >= 11 is 13.8. The van der Waals surface area contributed by atoms with Gasteiger partial charge >= 0.3 is 0 Å². The molecule has 2 rings (SSSR count). The Hall–Kier alpha value is -1.69. The lowest BCUT2D eigenvalue weighted by atomic mass is 10.1. The van der Waals surface area contributed by atoms with Crippen molar-refractivity contribution in [2.45, 2.75) is 52.5 Å². The van der Waals surface area contributed by atoms with Crippen molar-refractivity contribution in [3.8, 4) is 0 Å². The number of benzene rings is 2. The molecule has 31 heavy (non-hydrogen) atoms. The van der Waals surface area contributed by atoms with E-state index in [9.17, 15) is 9.59 Å². The number of carbonyl (C=O) groups excluding carboxylic acids is 2. The van der Waals surface area contributed by atoms with E-state index in [1.165, 1.54) is 16.7 Å². The predicted octanol–water partition coefficient (Wildman–Crippen LogP) is 5.79. The van der Waals surface area contributed by atoms with Crippen LogP contribution in [-0.2, 0) is 21.9 Å². The summed E-state index contributed by atoms with van der Waals surface area (Å²) in [4.78, 5) is 27.5. The minimum atomic E-state index is -0.538. The summed E-state index contributed by atoms with van der Waals surface area (Å²) in [6, 6.07) is 11.2. The SMILES string of the molecule is CCNC(=O)C(CC)N(Cc1ccc(Cl)c(Cl)c1)C(=O)CSCc1cc(C)cc(C)c1. The molecular formula is C24H30Cl2N2O2S. The zero-order chi connectivity index (χ0) is 23.0. The molecule has 1 unspecified atom stereocenters. The van der Waals surface area contributed by atoms with Crippen molar-refractivity contribution in [2.24, 2.45) is 0 Å². The maximum Gasteiger partial charge on any atom is 0.242 e. The molecule has 0 saturated carbocycles. The number of aryl methyl sites for hydroxylation is 2. The molecule has 0 bridgehead atoms. The number of nitrogens with zero attached hydrogens (tertiary/aromatic N) is 1. The zero-order valence-electron chi connectivity index (χ0n) is 18.5. The van der Waals surface area contributed by atoms with E-state index in [0.29, 0.717) is 35.3 Å². The Kier molecular flexibility index (Phi) is 10.2. The molecule has 0 aliphatic rings. The third-order valence-corrected chi connectivity index (χ3v) is 6.58. The van der Waals surface area contributed by atoms with Crippen molar-refractivity contribution >= 4 is 46.8 Å². The van der Waals surface area contributed by atoms with Gasteiger partial charge in [-0.05, 0) is 50.5 Å². The molecule has 0 aromatic heterocycles. The number of thioether (sulfide) groups is 1. The van der Waals surface area contributed by atoms with E-state index in [-0.39, 0.29) is 11.8 Å². The van der Waals surface area contributed by atoms with Crippen LogP contribution in [0.5, 0.6) is 0 Å². The first kappa shape index (κ1) is 25.6. The Labute approximate surface area is 199 Å². The third-order valence-electron chi connectivity index (χ3n) is 4.85. The van der Waals surface area contributed by atoms with Crippen molar-refractivity contribution in [3.05, 3.63) is 68.7 Å². The largest absolute Gasteiger partial charge is 0.355 e. The van der Waals surface area contributed by atoms with E-state index < -0.39 is 6.04 Å². The molecule has 1 N–H and O–H groups in total. The van der Waals surface area contributed by atoms with Crippen molar-refractivity contribution < 1.29 is 9.59 Å². The number of amides is 2. The number of hydrogen-bond acceptors (Lipinski definition) is 3. The summed E-state index contributed by atoms with van der Waals surface area (Å²) in [5.41, 5.74) is 4.46. The van der Waals surface area contributed by atoms with Gasteiger partial charge in [-0.25, -0.2) is 0 Å². The lowest BCUT2D eigenvalue weighted by molar-refractivity contribution is -0.139. The standard InChI is InChI=1S/C24H30Cl2N2O2S/c1-5-22(24(30)27-6-2)28(13-18-7-8-20(25)21(26)12-18)23(29)15-31-14-19-10-16(3)9-17(4)11-19/h7-12,22H,5-6,13-15H2,1-4H3,(H,27,30). The van der Waals surface area contributed by atoms with Gasteiger partial charge in [0.25, 0.3) is 0 Å². The van der Waals surface area contributed by atoms with E-state index in [1.54, 1.807) is 28.8 Å². The molecule has 0 fully saturated rings. The van der Waals surface area contributed by atoms with Crippen LogP contribution < -0.4 is 5.32 Å². The molecule has 0 spiro atoms. The van der Waals surface area contributed by atoms with Crippen LogP contribution in [0, 0.1) is 13.8 Å². The fourth-order valence-electron chi connectivity index (χ4n) is 3.54. The maximum absolute atomic E-state index is 13.2. The van der Waals surface area contributed by atoms with Gasteiger partial charge in [-0.2, -0.15) is 0 Å². The summed E-state index contributed by atoms with van der Waals surface area (Å²) in [5.74, 6) is 0.827. The van der Waals surface area contributed by atoms with Crippen molar-refractivity contribution in [3.63, 3.8) is 0 Å². The summed E-state index contributed by atoms with van der Waals surface area (Å²) in [6.07, 6.45) is 0.528. The molecule has 0 saturated heterocycles. The van der Waals surface area contributed by atoms with Crippen LogP contribution in [0.1, 0.15) is 42.5 Å². The van der Waals surface area contributed by atoms with E-state index >= 15 is 0 Å². The quantitative estimate of drug-likeness (QED) is 0.468. The third kappa shape index (κ3) is 7.74. The van der Waals surface area contributed by atoms with Gasteiger partial charge in [0.2, 0.25) is 11.8 Å². The van der Waals surface area contributed by atoms with Crippen LogP contribution >= 0.6 is 35.0 Å². The van der Waals surface area contributed by atoms with Crippen LogP contribution in [0.25, 0.3) is 0 Å². The Balaban J connectivity index is 2.15. The predicted molar refractivity (Wildman–Crippen MR) is 132 cm³/mol. The first-order valence-corrected chi connectivity index (χ1v) is 12.3. The fourth-order valence-corrected chi connectivity index (χ4v) is 4.70. The smallest absolute Gasteiger partial charge is 0.242 e. The number of carbonyl (C=O) groups is 2. The Morgan fingerprint density at radius 1 is 1.00 bits per heavy atom. The molecule has 1 atom stereocenters. The molecule has 0 aliphatic carbocycles. The van der Waals surface area contributed by atoms with E-state index in [2.05, 4.69) is 37.4 Å². The van der Waals surface area contributed by atoms with Gasteiger partial charge in [0, 0.05) is 18.8 Å². The van der Waals surface area contributed by atoms with E-state index in [4.69, 9.17) is 23.2 Å². The summed E-state index contributed by atoms with van der Waals surface area (Å²) in [6.45, 7) is 8.75. The highest BCUT2D eigenvalue weighted by Crippen LogP contribution is 2.25. The summed E-state index contributed by atoms with van der Waals surface area (Å²) < 4.78 is 0. The minimum absolute atomic E-state index is 0.0708. The minimum Gasteiger partial charge on any atom is -0.355 e. The second-order valence-electron chi connectivity index (χ2n) is 7.58. The first-order valence-electron chi connectivity index (χ1n) is 10.4. The number of likely N-dealkylation sites (N-methyl/N-ethyl adjacent to an activating group) is 1. The van der Waals surface area contributed by atoms with Crippen molar-refractivity contribution in [2.75, 3.05) is 12.3 Å². The number of nitrogens with one attached hydrogen (secondary N) is 1. The number of rotatable bonds is 10. The lowest BCUT2D eigenvalue weighted by Crippen LogP contribution is -2.49. The summed E-state index contributed by atoms with van der Waals surface area (Å²) in [7, 11) is 0. The van der Waals surface area contributed by atoms with Gasteiger partial charge in [0.15, 0.2) is 0 Å². The Bertz CT molecular complexity index is 900. The molecule has 0 radical (unpaired) electrons. The number of halogens is 2. The molecule has 2 amide bonds. The molecule has 4 nitrogen and oxygen atoms in total. The van der Waals surface area contributed by atoms with Gasteiger partial charge in [0.1, 0.15) is 6.04 Å². The zero-order valence-corrected chi connectivity index (χ0v) is 20.8. The monoisotopic (exact) mass is 480 g/mol. The Morgan fingerprint density at radius 2 is 1.68 bits per heavy atom. The average molecular weight is 481 g/mol. The molecular weight excluding hydrogens is 451 g/mol. The van der Waals surface area contributed by atoms with Crippen LogP contribution in [0.2, 0.25) is 10.0 Å². The van der Waals surface area contributed by atoms with Gasteiger partial charge in [-0.1, -0.05) is 65.5 Å². The Morgan fingerprint density at radius 3 is 2.26 bits per heavy atom. The molecule has 2 aromatic carbocycles. The normalized spacial score (nSPS) is 11.8. The topological polar surface area (TPSA) is 49.4 Å². The van der Waals surface area contributed by atoms with E-state index in [0.717, 1.165) is 11.3 Å². The van der Waals surface area contributed by atoms with Gasteiger partial charge in [-0.3, -0.25) is 9.59 Å². The molecule has 168 valence electrons. The van der Waals surface area contributed by atoms with Crippen LogP contribution in [0.4, 0.5) is 0 Å². The molecule has 2 aromatic rings. The number of hydrogen-bond donors (Lipinski definition) is 1. The molecule has 0 heterocycles. The second kappa shape index (κ2) is 12.4. The first-order chi connectivity index (χ1) is 14.7. The average Bonchev–Trinajstić information content (AvgIpc) is 2.70.